The highest BCUT2D eigenvalue weighted by molar-refractivity contribution is 5.58. The second-order valence-electron chi connectivity index (χ2n) is 8.25. The maximum atomic E-state index is 14.9. The predicted molar refractivity (Wildman–Crippen MR) is 99.4 cm³/mol. The smallest absolute Gasteiger partial charge is 0.362 e. The van der Waals surface area contributed by atoms with Gasteiger partial charge in [0.25, 0.3) is 0 Å². The summed E-state index contributed by atoms with van der Waals surface area (Å²) < 4.78 is 54.5. The number of H-pyrrole nitrogens is 1. The number of rotatable bonds is 7. The largest absolute Gasteiger partial charge is 0.419 e. The molecule has 0 aliphatic heterocycles. The van der Waals surface area contributed by atoms with Crippen molar-refractivity contribution >= 4 is 5.69 Å². The molecule has 3 nitrogen and oxygen atoms in total. The molecule has 1 N–H and O–H groups in total. The zero-order valence-corrected chi connectivity index (χ0v) is 16.1. The van der Waals surface area contributed by atoms with Crippen LogP contribution in [0.3, 0.4) is 0 Å². The number of nitrogens with zero attached hydrogens (tertiary/aromatic N) is 2. The quantitative estimate of drug-likeness (QED) is 0.609. The van der Waals surface area contributed by atoms with Gasteiger partial charge in [-0.05, 0) is 55.6 Å². The molecular weight excluding hydrogens is 370 g/mol. The van der Waals surface area contributed by atoms with Gasteiger partial charge < -0.3 is 9.88 Å². The van der Waals surface area contributed by atoms with E-state index in [0.717, 1.165) is 43.4 Å². The molecule has 1 heterocycles. The first-order valence-electron chi connectivity index (χ1n) is 9.91. The lowest BCUT2D eigenvalue weighted by Crippen LogP contribution is -2.63. The zero-order chi connectivity index (χ0) is 20.1. The van der Waals surface area contributed by atoms with E-state index in [1.54, 1.807) is 19.4 Å². The Morgan fingerprint density at radius 1 is 1.25 bits per heavy atom. The zero-order valence-electron chi connectivity index (χ0n) is 16.1. The van der Waals surface area contributed by atoms with Crippen LogP contribution in [-0.2, 0) is 19.1 Å². The number of nitrogens with one attached hydrogen (secondary N) is 1. The average molecular weight is 395 g/mol. The highest BCUT2D eigenvalue weighted by atomic mass is 19.4. The van der Waals surface area contributed by atoms with E-state index in [2.05, 4.69) is 21.8 Å². The Bertz CT molecular complexity index is 827. The van der Waals surface area contributed by atoms with E-state index in [9.17, 15) is 17.6 Å². The third kappa shape index (κ3) is 2.99. The molecule has 3 aliphatic carbocycles. The van der Waals surface area contributed by atoms with Gasteiger partial charge in [0.05, 0.1) is 24.1 Å². The number of aromatic amines is 1. The first-order valence-corrected chi connectivity index (χ1v) is 9.91. The van der Waals surface area contributed by atoms with Gasteiger partial charge in [0.2, 0.25) is 0 Å². The number of hydrogen-bond acceptors (Lipinski definition) is 2. The summed E-state index contributed by atoms with van der Waals surface area (Å²) >= 11 is 0. The van der Waals surface area contributed by atoms with Gasteiger partial charge in [-0.15, -0.1) is 0 Å². The summed E-state index contributed by atoms with van der Waals surface area (Å²) in [7, 11) is 0. The van der Waals surface area contributed by atoms with Crippen molar-refractivity contribution in [1.29, 1.82) is 0 Å². The van der Waals surface area contributed by atoms with Crippen LogP contribution >= 0.6 is 0 Å². The molecule has 3 fully saturated rings. The molecule has 3 saturated carbocycles. The molecule has 1 atom stereocenters. The molecule has 0 spiro atoms. The third-order valence-electron chi connectivity index (χ3n) is 6.64. The minimum atomic E-state index is -4.70. The lowest BCUT2D eigenvalue weighted by molar-refractivity contribution is -0.140. The van der Waals surface area contributed by atoms with Crippen molar-refractivity contribution < 1.29 is 17.6 Å². The molecule has 7 heteroatoms. The molecular formula is C21H25F4N3. The molecule has 0 amide bonds. The highest BCUT2D eigenvalue weighted by Gasteiger charge is 2.61. The number of halogens is 4. The normalized spacial score (nSPS) is 24.4. The number of aromatic nitrogens is 2. The third-order valence-corrected chi connectivity index (χ3v) is 6.64. The van der Waals surface area contributed by atoms with E-state index >= 15 is 0 Å². The van der Waals surface area contributed by atoms with E-state index < -0.39 is 17.6 Å². The number of benzene rings is 1. The second-order valence-corrected chi connectivity index (χ2v) is 8.25. The van der Waals surface area contributed by atoms with Gasteiger partial charge in [-0.1, -0.05) is 13.8 Å². The van der Waals surface area contributed by atoms with Gasteiger partial charge >= 0.3 is 6.18 Å². The van der Waals surface area contributed by atoms with Gasteiger partial charge in [-0.2, -0.15) is 13.2 Å². The minimum absolute atomic E-state index is 0.138. The van der Waals surface area contributed by atoms with Crippen molar-refractivity contribution in [2.45, 2.75) is 64.7 Å². The van der Waals surface area contributed by atoms with Crippen LogP contribution in [0.15, 0.2) is 24.7 Å². The predicted octanol–water partition coefficient (Wildman–Crippen LogP) is 5.72. The molecule has 3 aliphatic rings. The average Bonchev–Trinajstić information content (AvgIpc) is 3.06. The van der Waals surface area contributed by atoms with Crippen molar-refractivity contribution in [1.82, 2.24) is 9.97 Å². The molecule has 0 saturated heterocycles. The van der Waals surface area contributed by atoms with E-state index in [-0.39, 0.29) is 23.4 Å². The topological polar surface area (TPSA) is 31.9 Å². The Morgan fingerprint density at radius 2 is 1.96 bits per heavy atom. The van der Waals surface area contributed by atoms with Crippen molar-refractivity contribution in [3.8, 4) is 0 Å². The fourth-order valence-corrected chi connectivity index (χ4v) is 5.29. The fraction of sp³-hybridized carbons (Fsp3) is 0.571. The van der Waals surface area contributed by atoms with E-state index in [0.29, 0.717) is 12.2 Å². The minimum Gasteiger partial charge on any atom is -0.362 e. The van der Waals surface area contributed by atoms with Crippen LogP contribution in [-0.4, -0.2) is 16.0 Å². The van der Waals surface area contributed by atoms with Crippen LogP contribution in [0.4, 0.5) is 23.2 Å². The molecule has 2 aromatic rings. The first kappa shape index (κ1) is 19.3. The first-order chi connectivity index (χ1) is 13.3. The summed E-state index contributed by atoms with van der Waals surface area (Å²) in [6.45, 7) is 4.29. The Balaban J connectivity index is 1.78. The molecule has 2 bridgehead atoms. The van der Waals surface area contributed by atoms with E-state index in [1.807, 2.05) is 0 Å². The summed E-state index contributed by atoms with van der Waals surface area (Å²) in [6, 6.07) is 2.51. The van der Waals surface area contributed by atoms with Gasteiger partial charge in [-0.25, -0.2) is 9.37 Å². The molecule has 1 unspecified atom stereocenters. The van der Waals surface area contributed by atoms with Gasteiger partial charge in [-0.3, -0.25) is 0 Å². The van der Waals surface area contributed by atoms with Crippen LogP contribution in [0.1, 0.15) is 56.4 Å². The van der Waals surface area contributed by atoms with Crippen LogP contribution in [0.25, 0.3) is 0 Å². The second kappa shape index (κ2) is 6.78. The van der Waals surface area contributed by atoms with Crippen LogP contribution in [0, 0.1) is 17.2 Å². The summed E-state index contributed by atoms with van der Waals surface area (Å²) in [5.41, 5.74) is 0.600. The van der Waals surface area contributed by atoms with Gasteiger partial charge in [0.15, 0.2) is 0 Å². The summed E-state index contributed by atoms with van der Waals surface area (Å²) in [5, 5.41) is 0. The monoisotopic (exact) mass is 395 g/mol. The Labute approximate surface area is 162 Å². The van der Waals surface area contributed by atoms with Crippen LogP contribution in [0.5, 0.6) is 0 Å². The summed E-state index contributed by atoms with van der Waals surface area (Å²) in [6.07, 6.45) is 3.17. The maximum Gasteiger partial charge on any atom is 0.419 e. The van der Waals surface area contributed by atoms with Crippen molar-refractivity contribution in [3.63, 3.8) is 0 Å². The molecule has 1 aromatic carbocycles. The molecule has 5 rings (SSSR count). The summed E-state index contributed by atoms with van der Waals surface area (Å²) in [4.78, 5) is 9.26. The van der Waals surface area contributed by atoms with Crippen LogP contribution in [0.2, 0.25) is 0 Å². The lowest BCUT2D eigenvalue weighted by atomic mass is 9.41. The highest BCUT2D eigenvalue weighted by Crippen LogP contribution is 2.67. The van der Waals surface area contributed by atoms with E-state index in [4.69, 9.17) is 0 Å². The number of alkyl halides is 3. The van der Waals surface area contributed by atoms with Gasteiger partial charge in [0.1, 0.15) is 5.82 Å². The molecule has 152 valence electrons. The Kier molecular flexibility index (Phi) is 4.67. The van der Waals surface area contributed by atoms with Crippen molar-refractivity contribution in [3.05, 3.63) is 47.3 Å². The standard InChI is InChI=1S/C21H25F4N3/c1-3-15-17(6-5-16(19(15)22)21(23,24)25)28(11-14-10-26-12-27-14)18(4-2)20-7-13(8-20)9-20/h5-6,10,12-13,18H,3-4,7-9,11H2,1-2H3,(H,26,27). The lowest BCUT2D eigenvalue weighted by Gasteiger charge is -2.67. The molecule has 28 heavy (non-hydrogen) atoms. The Morgan fingerprint density at radius 3 is 2.43 bits per heavy atom. The fourth-order valence-electron chi connectivity index (χ4n) is 5.29. The van der Waals surface area contributed by atoms with Crippen molar-refractivity contribution in [2.75, 3.05) is 4.90 Å². The molecule has 1 aromatic heterocycles. The maximum absolute atomic E-state index is 14.9. The number of hydrogen-bond donors (Lipinski definition) is 1. The van der Waals surface area contributed by atoms with E-state index in [1.165, 1.54) is 6.07 Å². The number of imidazole rings is 1. The molecule has 0 radical (unpaired) electrons. The SMILES string of the molecule is CCc1c(N(Cc2cnc[nH]2)C(CC)C23CC(C2)C3)ccc(C(F)(F)F)c1F. The van der Waals surface area contributed by atoms with Crippen molar-refractivity contribution in [2.24, 2.45) is 11.3 Å². The number of anilines is 1. The summed E-state index contributed by atoms with van der Waals surface area (Å²) in [5.74, 6) is -0.354. The van der Waals surface area contributed by atoms with Gasteiger partial charge in [0, 0.05) is 23.5 Å². The Hall–Kier alpha value is -2.05. The van der Waals surface area contributed by atoms with Crippen LogP contribution < -0.4 is 4.90 Å².